The lowest BCUT2D eigenvalue weighted by atomic mass is 10.0. The number of benzene rings is 2. The van der Waals surface area contributed by atoms with Crippen molar-refractivity contribution >= 4 is 61.4 Å². The summed E-state index contributed by atoms with van der Waals surface area (Å²) in [6, 6.07) is 10.4. The van der Waals surface area contributed by atoms with Crippen molar-refractivity contribution in [1.82, 2.24) is 0 Å². The molecule has 0 spiro atoms. The minimum absolute atomic E-state index is 0.154. The van der Waals surface area contributed by atoms with E-state index >= 15 is 0 Å². The Morgan fingerprint density at radius 2 is 1.90 bits per heavy atom. The molecule has 31 heavy (non-hydrogen) atoms. The number of carboxylic acids is 1. The van der Waals surface area contributed by atoms with Crippen LogP contribution >= 0.6 is 43.6 Å². The first-order chi connectivity index (χ1) is 14.7. The van der Waals surface area contributed by atoms with Gasteiger partial charge in [0.05, 0.1) is 4.47 Å². The number of carboxylic acid groups (broad SMARTS) is 1. The Kier molecular flexibility index (Phi) is 9.89. The number of phenols is 1. The number of hydrogen-bond acceptors (Lipinski definition) is 6. The number of halogens is 2. The number of rotatable bonds is 9. The van der Waals surface area contributed by atoms with Crippen molar-refractivity contribution < 1.29 is 29.3 Å². The van der Waals surface area contributed by atoms with Gasteiger partial charge in [0.25, 0.3) is 0 Å². The number of aromatic hydroxyl groups is 1. The van der Waals surface area contributed by atoms with E-state index in [0.29, 0.717) is 14.6 Å². The molecule has 0 bridgehead atoms. The van der Waals surface area contributed by atoms with Crippen molar-refractivity contribution in [1.29, 1.82) is 0 Å². The van der Waals surface area contributed by atoms with Crippen LogP contribution in [0.2, 0.25) is 0 Å². The minimum atomic E-state index is -1.18. The number of aliphatic carboxylic acids is 1. The Morgan fingerprint density at radius 1 is 1.23 bits per heavy atom. The van der Waals surface area contributed by atoms with Crippen molar-refractivity contribution in [3.05, 3.63) is 63.1 Å². The molecule has 7 nitrogen and oxygen atoms in total. The molecular weight excluding hydrogens is 554 g/mol. The summed E-state index contributed by atoms with van der Waals surface area (Å²) in [5.41, 5.74) is 0.762. The molecule has 0 saturated heterocycles. The van der Waals surface area contributed by atoms with Gasteiger partial charge in [0.15, 0.2) is 6.10 Å². The lowest BCUT2D eigenvalue weighted by Gasteiger charge is -2.26. The van der Waals surface area contributed by atoms with Gasteiger partial charge in [-0.05, 0) is 71.6 Å². The molecule has 2 aromatic rings. The standard InChI is InChI=1S/C21H21Br2NO6S/c1-3-29-17(8-9-18(25)26)20(15-10-12(22)11-16(23)19(15)27)30-21(28)24-13-4-6-14(31-2)7-5-13/h4-11,17,20,27H,3H2,1-2H3,(H,24,28)(H,25,26)/b9-8+/t17-,20-/m0/s1. The molecule has 166 valence electrons. The van der Waals surface area contributed by atoms with Crippen LogP contribution in [0, 0.1) is 0 Å². The smallest absolute Gasteiger partial charge is 0.412 e. The zero-order chi connectivity index (χ0) is 23.0. The summed E-state index contributed by atoms with van der Waals surface area (Å²) in [5.74, 6) is -1.33. The highest BCUT2D eigenvalue weighted by atomic mass is 79.9. The van der Waals surface area contributed by atoms with E-state index < -0.39 is 24.3 Å². The molecule has 2 atom stereocenters. The molecule has 2 aromatic carbocycles. The Hall–Kier alpha value is -2.01. The van der Waals surface area contributed by atoms with Gasteiger partial charge in [-0.3, -0.25) is 5.32 Å². The summed E-state index contributed by atoms with van der Waals surface area (Å²) >= 11 is 8.18. The van der Waals surface area contributed by atoms with Gasteiger partial charge in [-0.15, -0.1) is 11.8 Å². The van der Waals surface area contributed by atoms with E-state index in [2.05, 4.69) is 37.2 Å². The molecule has 1 amide bonds. The fourth-order valence-corrected chi connectivity index (χ4v) is 4.33. The molecule has 0 aliphatic carbocycles. The van der Waals surface area contributed by atoms with E-state index in [1.807, 2.05) is 18.4 Å². The minimum Gasteiger partial charge on any atom is -0.506 e. The molecule has 0 radical (unpaired) electrons. The van der Waals surface area contributed by atoms with Gasteiger partial charge >= 0.3 is 12.1 Å². The van der Waals surface area contributed by atoms with E-state index in [-0.39, 0.29) is 17.9 Å². The monoisotopic (exact) mass is 573 g/mol. The van der Waals surface area contributed by atoms with Gasteiger partial charge in [0, 0.05) is 33.3 Å². The van der Waals surface area contributed by atoms with E-state index in [4.69, 9.17) is 14.6 Å². The number of anilines is 1. The Balaban J connectivity index is 2.38. The van der Waals surface area contributed by atoms with Gasteiger partial charge in [-0.1, -0.05) is 15.9 Å². The van der Waals surface area contributed by atoms with Gasteiger partial charge in [0.1, 0.15) is 11.9 Å². The zero-order valence-electron chi connectivity index (χ0n) is 16.7. The highest BCUT2D eigenvalue weighted by Gasteiger charge is 2.30. The maximum absolute atomic E-state index is 12.6. The second-order valence-corrected chi connectivity index (χ2v) is 8.77. The second-order valence-electron chi connectivity index (χ2n) is 6.12. The maximum atomic E-state index is 12.6. The lowest BCUT2D eigenvalue weighted by molar-refractivity contribution is -0.131. The van der Waals surface area contributed by atoms with E-state index in [1.54, 1.807) is 43.0 Å². The number of phenolic OH excluding ortho intramolecular Hbond substituents is 1. The number of thioether (sulfide) groups is 1. The fourth-order valence-electron chi connectivity index (χ4n) is 2.66. The topological polar surface area (TPSA) is 105 Å². The summed E-state index contributed by atoms with van der Waals surface area (Å²) in [4.78, 5) is 24.7. The van der Waals surface area contributed by atoms with Crippen molar-refractivity contribution in [2.45, 2.75) is 24.0 Å². The Morgan fingerprint density at radius 3 is 2.48 bits per heavy atom. The van der Waals surface area contributed by atoms with Crippen molar-refractivity contribution in [2.24, 2.45) is 0 Å². The van der Waals surface area contributed by atoms with Crippen LogP contribution < -0.4 is 5.32 Å². The van der Waals surface area contributed by atoms with Gasteiger partial charge < -0.3 is 19.7 Å². The largest absolute Gasteiger partial charge is 0.506 e. The first-order valence-electron chi connectivity index (χ1n) is 9.07. The fraction of sp³-hybridized carbons (Fsp3) is 0.238. The summed E-state index contributed by atoms with van der Waals surface area (Å²) in [5, 5.41) is 22.2. The molecule has 0 saturated carbocycles. The predicted molar refractivity (Wildman–Crippen MR) is 127 cm³/mol. The third-order valence-electron chi connectivity index (χ3n) is 4.02. The van der Waals surface area contributed by atoms with E-state index in [0.717, 1.165) is 11.0 Å². The maximum Gasteiger partial charge on any atom is 0.412 e. The van der Waals surface area contributed by atoms with Gasteiger partial charge in [0.2, 0.25) is 0 Å². The molecule has 3 N–H and O–H groups in total. The average Bonchev–Trinajstić information content (AvgIpc) is 2.72. The van der Waals surface area contributed by atoms with Crippen LogP contribution in [0.3, 0.4) is 0 Å². The van der Waals surface area contributed by atoms with Crippen LogP contribution in [0.4, 0.5) is 10.5 Å². The normalized spacial score (nSPS) is 13.0. The van der Waals surface area contributed by atoms with Crippen LogP contribution in [-0.4, -0.2) is 41.2 Å². The predicted octanol–water partition coefficient (Wildman–Crippen LogP) is 5.97. The van der Waals surface area contributed by atoms with Crippen molar-refractivity contribution in [3.8, 4) is 5.75 Å². The molecule has 10 heteroatoms. The number of carbonyl (C=O) groups excluding carboxylic acids is 1. The first-order valence-corrected chi connectivity index (χ1v) is 11.9. The van der Waals surface area contributed by atoms with E-state index in [9.17, 15) is 14.7 Å². The molecule has 0 aliphatic heterocycles. The molecule has 0 fully saturated rings. The molecular formula is C21H21Br2NO6S. The highest BCUT2D eigenvalue weighted by molar-refractivity contribution is 9.11. The summed E-state index contributed by atoms with van der Waals surface area (Å²) < 4.78 is 12.2. The van der Waals surface area contributed by atoms with Crippen LogP contribution in [0.15, 0.2) is 62.4 Å². The van der Waals surface area contributed by atoms with Crippen molar-refractivity contribution in [2.75, 3.05) is 18.2 Å². The van der Waals surface area contributed by atoms with Crippen LogP contribution in [0.25, 0.3) is 0 Å². The Bertz CT molecular complexity index is 952. The van der Waals surface area contributed by atoms with Gasteiger partial charge in [-0.2, -0.15) is 0 Å². The van der Waals surface area contributed by atoms with Crippen LogP contribution in [0.5, 0.6) is 5.75 Å². The molecule has 0 aliphatic rings. The number of hydrogen-bond donors (Lipinski definition) is 3. The molecule has 0 unspecified atom stereocenters. The van der Waals surface area contributed by atoms with Crippen LogP contribution in [0.1, 0.15) is 18.6 Å². The third kappa shape index (κ3) is 7.57. The van der Waals surface area contributed by atoms with E-state index in [1.165, 1.54) is 6.08 Å². The average molecular weight is 575 g/mol. The number of carbonyl (C=O) groups is 2. The number of amides is 1. The number of ether oxygens (including phenoxy) is 2. The quantitative estimate of drug-likeness (QED) is 0.250. The summed E-state index contributed by atoms with van der Waals surface area (Å²) in [6.07, 6.45) is 1.24. The highest BCUT2D eigenvalue weighted by Crippen LogP contribution is 2.39. The molecule has 2 rings (SSSR count). The third-order valence-corrected chi connectivity index (χ3v) is 5.83. The number of nitrogens with one attached hydrogen (secondary N) is 1. The zero-order valence-corrected chi connectivity index (χ0v) is 20.7. The lowest BCUT2D eigenvalue weighted by Crippen LogP contribution is -2.28. The molecule has 0 aromatic heterocycles. The van der Waals surface area contributed by atoms with Crippen molar-refractivity contribution in [3.63, 3.8) is 0 Å². The SMILES string of the molecule is CCO[C@@H](/C=C/C(=O)O)[C@@H](OC(=O)Nc1ccc(SC)cc1)c1cc(Br)cc(Br)c1O. The summed E-state index contributed by atoms with van der Waals surface area (Å²) in [6.45, 7) is 1.95. The first kappa shape index (κ1) is 25.3. The Labute approximate surface area is 201 Å². The van der Waals surface area contributed by atoms with Gasteiger partial charge in [-0.25, -0.2) is 9.59 Å². The second kappa shape index (κ2) is 12.1. The molecule has 0 heterocycles. The van der Waals surface area contributed by atoms with Crippen LogP contribution in [-0.2, 0) is 14.3 Å². The summed E-state index contributed by atoms with van der Waals surface area (Å²) in [7, 11) is 0.